The van der Waals surface area contributed by atoms with Crippen LogP contribution in [-0.4, -0.2) is 19.3 Å². The molecule has 0 N–H and O–H groups in total. The summed E-state index contributed by atoms with van der Waals surface area (Å²) in [7, 11) is 5.47. The monoisotopic (exact) mass is 114 g/mol. The van der Waals surface area contributed by atoms with E-state index in [0.29, 0.717) is 0 Å². The normalized spacial score (nSPS) is 9.00. The van der Waals surface area contributed by atoms with Gasteiger partial charge in [-0.1, -0.05) is 6.08 Å². The van der Waals surface area contributed by atoms with Crippen LogP contribution >= 0.6 is 9.07 Å². The van der Waals surface area contributed by atoms with Gasteiger partial charge in [0.05, 0.1) is 0 Å². The fourth-order valence-electron chi connectivity index (χ4n) is 0.230. The first kappa shape index (κ1) is 6.80. The van der Waals surface area contributed by atoms with Crippen LogP contribution in [0.5, 0.6) is 0 Å². The highest BCUT2D eigenvalue weighted by atomic mass is 35.5. The molecule has 0 radical (unpaired) electrons. The summed E-state index contributed by atoms with van der Waals surface area (Å²) in [5.41, 5.74) is 0. The topological polar surface area (TPSA) is 0 Å². The summed E-state index contributed by atoms with van der Waals surface area (Å²) in [6.07, 6.45) is 4.15. The molecule has 0 atom stereocenters. The van der Waals surface area contributed by atoms with Crippen LogP contribution in [0.2, 0.25) is 4.55 Å². The van der Waals surface area contributed by atoms with Gasteiger partial charge in [0.25, 0.3) is 0 Å². The molecule has 0 unspecified atom stereocenters. The Hall–Kier alpha value is 0.796. The lowest BCUT2D eigenvalue weighted by atomic mass is 10.6. The molecule has 0 bridgehead atoms. The average Bonchev–Trinajstić information content (AvgIpc) is 1.61. The molecule has 6 heavy (non-hydrogen) atoms. The maximum atomic E-state index is 5.47. The van der Waals surface area contributed by atoms with Gasteiger partial charge in [0.15, 0.2) is 0 Å². The molecule has 0 aliphatic heterocycles. The van der Waals surface area contributed by atoms with Gasteiger partial charge in [-0.15, -0.1) is 10.6 Å². The highest BCUT2D eigenvalue weighted by Crippen LogP contribution is 1.82. The van der Waals surface area contributed by atoms with Gasteiger partial charge in [-0.2, -0.15) is 0 Å². The smallest absolute Gasteiger partial charge is 0.346 e. The van der Waals surface area contributed by atoms with Crippen molar-refractivity contribution in [2.75, 3.05) is 0 Å². The molecule has 0 amide bonds. The Morgan fingerprint density at radius 3 is 2.67 bits per heavy atom. The van der Waals surface area contributed by atoms with E-state index in [4.69, 9.17) is 9.07 Å². The lowest BCUT2D eigenvalue weighted by Gasteiger charge is -1.70. The van der Waals surface area contributed by atoms with Crippen molar-refractivity contribution in [1.82, 2.24) is 0 Å². The van der Waals surface area contributed by atoms with E-state index in [1.165, 1.54) is 0 Å². The van der Waals surface area contributed by atoms with E-state index in [9.17, 15) is 0 Å². The Morgan fingerprint density at radius 1 is 1.83 bits per heavy atom. The molecular weight excluding hydrogens is 108 g/mol. The summed E-state index contributed by atoms with van der Waals surface area (Å²) < 4.78 is 1.14. The second-order valence-electron chi connectivity index (χ2n) is 1.05. The zero-order valence-electron chi connectivity index (χ0n) is 3.95. The number of hydrogen-bond acceptors (Lipinski definition) is 0. The van der Waals surface area contributed by atoms with Crippen molar-refractivity contribution in [3.8, 4) is 0 Å². The van der Waals surface area contributed by atoms with Crippen molar-refractivity contribution in [3.63, 3.8) is 0 Å². The molecule has 2 heteroatoms. The van der Waals surface area contributed by atoms with Gasteiger partial charge in [0, 0.05) is 0 Å². The molecule has 0 aromatic rings. The molecule has 0 aromatic carbocycles. The van der Waals surface area contributed by atoms with Crippen LogP contribution in [0.3, 0.4) is 0 Å². The first-order valence-corrected chi connectivity index (χ1v) is 5.22. The Kier molecular flexibility index (Phi) is 6.57. The van der Waals surface area contributed by atoms with Crippen LogP contribution in [0, 0.1) is 0 Å². The van der Waals surface area contributed by atoms with E-state index in [0.717, 1.165) is 4.55 Å². The summed E-state index contributed by atoms with van der Waals surface area (Å²) in [5, 5.41) is 0. The van der Waals surface area contributed by atoms with Gasteiger partial charge in [-0.3, -0.25) is 0 Å². The molecule has 0 saturated carbocycles. The maximum Gasteiger partial charge on any atom is 0.504 e. The van der Waals surface area contributed by atoms with E-state index in [-0.39, 0.29) is 19.3 Å². The number of rotatable bonds is 2. The number of halogens is 1. The SMILES string of the molecule is C/C=C/[CH2][Mg][Cl]. The second kappa shape index (κ2) is 5.80. The second-order valence-corrected chi connectivity index (χ2v) is 3.14. The first-order valence-electron chi connectivity index (χ1n) is 2.09. The van der Waals surface area contributed by atoms with Gasteiger partial charge in [0.1, 0.15) is 0 Å². The van der Waals surface area contributed by atoms with Gasteiger partial charge < -0.3 is 9.07 Å². The molecule has 0 rings (SSSR count). The molecule has 0 aromatic heterocycles. The Bertz CT molecular complexity index is 42.8. The lowest BCUT2D eigenvalue weighted by molar-refractivity contribution is 1.62. The summed E-state index contributed by atoms with van der Waals surface area (Å²) in [6.45, 7) is 2.01. The number of hydrogen-bond donors (Lipinski definition) is 0. The van der Waals surface area contributed by atoms with Gasteiger partial charge in [-0.25, -0.2) is 0 Å². The summed E-state index contributed by atoms with van der Waals surface area (Å²) in [5.74, 6) is 0. The van der Waals surface area contributed by atoms with Crippen LogP contribution < -0.4 is 0 Å². The highest BCUT2D eigenvalue weighted by Gasteiger charge is 1.79. The van der Waals surface area contributed by atoms with Crippen molar-refractivity contribution in [3.05, 3.63) is 12.2 Å². The molecule has 0 nitrogen and oxygen atoms in total. The Balaban J connectivity index is 2.66. The zero-order valence-corrected chi connectivity index (χ0v) is 6.12. The van der Waals surface area contributed by atoms with Crippen molar-refractivity contribution < 1.29 is 0 Å². The standard InChI is InChI=1S/C4H7.ClH.Mg/c1-3-4-2;;/h3-4H,1H2,2H3;1H;/q;;+1/p-1/b4-3+;;. The third kappa shape index (κ3) is 4.80. The molecule has 32 valence electrons. The molecular formula is C4H7ClMg. The lowest BCUT2D eigenvalue weighted by Crippen LogP contribution is -1.66. The molecule has 0 aliphatic carbocycles. The van der Waals surface area contributed by atoms with E-state index in [1.807, 2.05) is 13.0 Å². The predicted octanol–water partition coefficient (Wildman–Crippen LogP) is 1.84. The Morgan fingerprint density at radius 2 is 2.50 bits per heavy atom. The average molecular weight is 115 g/mol. The summed E-state index contributed by atoms with van der Waals surface area (Å²) in [4.78, 5) is 0. The minimum atomic E-state index is -0.212. The van der Waals surface area contributed by atoms with Crippen LogP contribution in [-0.2, 0) is 0 Å². The van der Waals surface area contributed by atoms with E-state index < -0.39 is 0 Å². The number of allylic oxidation sites excluding steroid dienone is 2. The van der Waals surface area contributed by atoms with Gasteiger partial charge >= 0.3 is 19.3 Å². The molecule has 0 fully saturated rings. The van der Waals surface area contributed by atoms with Crippen molar-refractivity contribution in [2.45, 2.75) is 11.5 Å². The fourth-order valence-corrected chi connectivity index (χ4v) is 1.07. The Labute approximate surface area is 52.1 Å². The predicted molar refractivity (Wildman–Crippen MR) is 31.2 cm³/mol. The van der Waals surface area contributed by atoms with E-state index >= 15 is 0 Å². The molecule has 0 spiro atoms. The molecule has 0 heterocycles. The molecule has 0 aliphatic rings. The first-order chi connectivity index (χ1) is 2.91. The summed E-state index contributed by atoms with van der Waals surface area (Å²) in [6, 6.07) is 0. The van der Waals surface area contributed by atoms with E-state index in [2.05, 4.69) is 6.08 Å². The largest absolute Gasteiger partial charge is 0.504 e. The van der Waals surface area contributed by atoms with Crippen LogP contribution in [0.25, 0.3) is 0 Å². The quantitative estimate of drug-likeness (QED) is 0.380. The van der Waals surface area contributed by atoms with Crippen molar-refractivity contribution in [1.29, 1.82) is 0 Å². The van der Waals surface area contributed by atoms with Gasteiger partial charge in [0.2, 0.25) is 0 Å². The fraction of sp³-hybridized carbons (Fsp3) is 0.500. The van der Waals surface area contributed by atoms with E-state index in [1.54, 1.807) is 0 Å². The minimum absolute atomic E-state index is 0.212. The third-order valence-corrected chi connectivity index (χ3v) is 1.72. The molecule has 0 saturated heterocycles. The van der Waals surface area contributed by atoms with Crippen LogP contribution in [0.4, 0.5) is 0 Å². The van der Waals surface area contributed by atoms with Crippen LogP contribution in [0.1, 0.15) is 6.92 Å². The minimum Gasteiger partial charge on any atom is -0.346 e. The van der Waals surface area contributed by atoms with Gasteiger partial charge in [-0.05, 0) is 6.92 Å². The van der Waals surface area contributed by atoms with Crippen molar-refractivity contribution in [2.24, 2.45) is 0 Å². The zero-order chi connectivity index (χ0) is 4.83. The maximum absolute atomic E-state index is 5.47. The van der Waals surface area contributed by atoms with Crippen LogP contribution in [0.15, 0.2) is 12.2 Å². The van der Waals surface area contributed by atoms with Crippen molar-refractivity contribution >= 4 is 28.3 Å². The highest BCUT2D eigenvalue weighted by molar-refractivity contribution is 6.93. The summed E-state index contributed by atoms with van der Waals surface area (Å²) >= 11 is -0.212. The third-order valence-electron chi connectivity index (χ3n) is 0.511.